The molecule has 0 bridgehead atoms. The predicted molar refractivity (Wildman–Crippen MR) is 206 cm³/mol. The summed E-state index contributed by atoms with van der Waals surface area (Å²) in [5.74, 6) is 0.395. The number of nitrogens with one attached hydrogen (secondary N) is 1. The molecule has 6 rings (SSSR count). The van der Waals surface area contributed by atoms with Crippen molar-refractivity contribution >= 4 is 34.5 Å². The third-order valence-electron chi connectivity index (χ3n) is 9.35. The van der Waals surface area contributed by atoms with E-state index in [1.54, 1.807) is 36.8 Å². The average molecular weight is 727 g/mol. The van der Waals surface area contributed by atoms with Gasteiger partial charge in [0.15, 0.2) is 16.4 Å². The maximum Gasteiger partial charge on any atom is 0.251 e. The van der Waals surface area contributed by atoms with Gasteiger partial charge in [0, 0.05) is 43.1 Å². The van der Waals surface area contributed by atoms with Gasteiger partial charge in [-0.3, -0.25) is 4.79 Å². The molecule has 0 radical (unpaired) electrons. The largest absolute Gasteiger partial charge is 0.611 e. The lowest BCUT2D eigenvalue weighted by molar-refractivity contribution is -0.137. The first-order chi connectivity index (χ1) is 25.4. The third kappa shape index (κ3) is 9.64. The lowest BCUT2D eigenvalue weighted by atomic mass is 9.99. The lowest BCUT2D eigenvalue weighted by Gasteiger charge is -2.25. The van der Waals surface area contributed by atoms with Gasteiger partial charge >= 0.3 is 0 Å². The van der Waals surface area contributed by atoms with E-state index >= 15 is 0 Å². The van der Waals surface area contributed by atoms with Gasteiger partial charge in [0.2, 0.25) is 0 Å². The molecule has 2 fully saturated rings. The molecule has 4 aromatic rings. The summed E-state index contributed by atoms with van der Waals surface area (Å²) in [6.45, 7) is 11.4. The van der Waals surface area contributed by atoms with E-state index in [2.05, 4.69) is 59.4 Å². The standard InChI is InChI=1S/C41H50N4O6S/c1-4-6-20-48-21-22-49-37-12-7-32(8-13-37)33-9-16-39(44-19-17-41(29-44)50-23-24-51-41)34(26-33)25-31(3)40(46)43-35-10-14-38(15-11-35)52(47)28-36-27-42-30-45(36)18-5-2/h7-16,25-27,30H,4-6,17-24,28-29H2,1-3H3,(H,43,46)/b31-25+/t52-/m0/s1. The summed E-state index contributed by atoms with van der Waals surface area (Å²) in [7, 11) is 0. The molecule has 2 saturated heterocycles. The van der Waals surface area contributed by atoms with Crippen LogP contribution >= 0.6 is 0 Å². The Balaban J connectivity index is 1.15. The van der Waals surface area contributed by atoms with E-state index in [-0.39, 0.29) is 5.91 Å². The smallest absolute Gasteiger partial charge is 0.251 e. The van der Waals surface area contributed by atoms with Gasteiger partial charge in [-0.1, -0.05) is 38.5 Å². The SMILES string of the molecule is CCCCOCCOc1ccc(-c2ccc(N3CCC4(C3)OCCO4)c(/C=C(\C)C(=O)Nc3ccc([S@@+]([O-])Cc4cncn4CCC)cc3)c2)cc1. The van der Waals surface area contributed by atoms with Gasteiger partial charge in [-0.2, -0.15) is 0 Å². The summed E-state index contributed by atoms with van der Waals surface area (Å²) in [5.41, 5.74) is 6.15. The van der Waals surface area contributed by atoms with Crippen LogP contribution in [0.4, 0.5) is 11.4 Å². The number of hydrogen-bond donors (Lipinski definition) is 1. The summed E-state index contributed by atoms with van der Waals surface area (Å²) in [6.07, 6.45) is 9.43. The van der Waals surface area contributed by atoms with Gasteiger partial charge < -0.3 is 38.3 Å². The summed E-state index contributed by atoms with van der Waals surface area (Å²) in [4.78, 5) is 20.7. The van der Waals surface area contributed by atoms with Gasteiger partial charge in [-0.15, -0.1) is 0 Å². The average Bonchev–Trinajstić information content (AvgIpc) is 3.92. The third-order valence-corrected chi connectivity index (χ3v) is 10.7. The first-order valence-corrected chi connectivity index (χ1v) is 19.6. The van der Waals surface area contributed by atoms with Crippen LogP contribution in [0.25, 0.3) is 17.2 Å². The van der Waals surface area contributed by atoms with Crippen molar-refractivity contribution in [3.63, 3.8) is 0 Å². The summed E-state index contributed by atoms with van der Waals surface area (Å²) in [5, 5.41) is 3.01. The van der Waals surface area contributed by atoms with Crippen LogP contribution in [-0.2, 0) is 42.5 Å². The fourth-order valence-corrected chi connectivity index (χ4v) is 7.60. The van der Waals surface area contributed by atoms with Crippen molar-refractivity contribution in [2.45, 2.75) is 69.4 Å². The fourth-order valence-electron chi connectivity index (χ4n) is 6.49. The van der Waals surface area contributed by atoms with Gasteiger partial charge in [0.25, 0.3) is 5.91 Å². The van der Waals surface area contributed by atoms with E-state index in [0.29, 0.717) is 54.9 Å². The molecule has 276 valence electrons. The van der Waals surface area contributed by atoms with Gasteiger partial charge in [-0.05, 0) is 102 Å². The Morgan fingerprint density at radius 2 is 1.77 bits per heavy atom. The minimum Gasteiger partial charge on any atom is -0.611 e. The van der Waals surface area contributed by atoms with Crippen LogP contribution in [0.1, 0.15) is 57.7 Å². The van der Waals surface area contributed by atoms with E-state index in [4.69, 9.17) is 18.9 Å². The second-order valence-corrected chi connectivity index (χ2v) is 14.7. The zero-order valence-electron chi connectivity index (χ0n) is 30.5. The molecule has 1 N–H and O–H groups in total. The van der Waals surface area contributed by atoms with Crippen molar-refractivity contribution in [1.29, 1.82) is 0 Å². The van der Waals surface area contributed by atoms with Crippen molar-refractivity contribution in [2.75, 3.05) is 56.3 Å². The number of aryl methyl sites for hydroxylation is 1. The number of rotatable bonds is 17. The fraction of sp³-hybridized carbons (Fsp3) is 0.415. The zero-order chi connectivity index (χ0) is 36.3. The topological polar surface area (TPSA) is 110 Å². The molecule has 2 aliphatic heterocycles. The van der Waals surface area contributed by atoms with Crippen LogP contribution in [0.2, 0.25) is 0 Å². The van der Waals surface area contributed by atoms with E-state index in [1.165, 1.54) is 0 Å². The van der Waals surface area contributed by atoms with Crippen molar-refractivity contribution < 1.29 is 28.3 Å². The first-order valence-electron chi connectivity index (χ1n) is 18.3. The molecule has 52 heavy (non-hydrogen) atoms. The molecule has 3 heterocycles. The van der Waals surface area contributed by atoms with Crippen molar-refractivity contribution in [1.82, 2.24) is 9.55 Å². The van der Waals surface area contributed by atoms with Crippen LogP contribution in [-0.4, -0.2) is 71.9 Å². The van der Waals surface area contributed by atoms with Crippen LogP contribution in [0.3, 0.4) is 0 Å². The highest BCUT2D eigenvalue weighted by atomic mass is 32.2. The number of imidazole rings is 1. The minimum absolute atomic E-state index is 0.214. The van der Waals surface area contributed by atoms with Crippen molar-refractivity contribution in [3.8, 4) is 16.9 Å². The number of ether oxygens (including phenoxy) is 4. The molecule has 1 aromatic heterocycles. The number of nitrogens with zero attached hydrogens (tertiary/aromatic N) is 3. The maximum absolute atomic E-state index is 13.5. The highest BCUT2D eigenvalue weighted by Crippen LogP contribution is 2.37. The van der Waals surface area contributed by atoms with Crippen LogP contribution < -0.4 is 15.0 Å². The van der Waals surface area contributed by atoms with Gasteiger partial charge in [0.05, 0.1) is 44.6 Å². The molecule has 2 aliphatic rings. The molecular formula is C41H50N4O6S. The van der Waals surface area contributed by atoms with Gasteiger partial charge in [-0.25, -0.2) is 4.98 Å². The molecule has 1 amide bonds. The summed E-state index contributed by atoms with van der Waals surface area (Å²) < 4.78 is 38.7. The molecule has 0 aliphatic carbocycles. The summed E-state index contributed by atoms with van der Waals surface area (Å²) in [6, 6.07) is 21.6. The van der Waals surface area contributed by atoms with E-state index in [1.807, 2.05) is 29.7 Å². The van der Waals surface area contributed by atoms with Crippen molar-refractivity contribution in [2.24, 2.45) is 0 Å². The first kappa shape index (κ1) is 37.6. The molecule has 1 atom stereocenters. The van der Waals surface area contributed by atoms with E-state index < -0.39 is 17.0 Å². The normalized spacial score (nSPS) is 16.1. The monoisotopic (exact) mass is 726 g/mol. The molecule has 3 aromatic carbocycles. The van der Waals surface area contributed by atoms with E-state index in [9.17, 15) is 9.35 Å². The lowest BCUT2D eigenvalue weighted by Crippen LogP contribution is -2.34. The molecule has 1 spiro atoms. The molecule has 11 heteroatoms. The Labute approximate surface area is 310 Å². The molecule has 0 unspecified atom stereocenters. The predicted octanol–water partition coefficient (Wildman–Crippen LogP) is 7.46. The second-order valence-electron chi connectivity index (χ2n) is 13.3. The van der Waals surface area contributed by atoms with Crippen LogP contribution in [0.15, 0.2) is 89.7 Å². The Morgan fingerprint density at radius 1 is 1.00 bits per heavy atom. The Hall–Kier alpha value is -4.13. The number of amides is 1. The van der Waals surface area contributed by atoms with Gasteiger partial charge in [0.1, 0.15) is 12.4 Å². The minimum atomic E-state index is -1.23. The zero-order valence-corrected chi connectivity index (χ0v) is 31.3. The maximum atomic E-state index is 13.5. The molecule has 0 saturated carbocycles. The van der Waals surface area contributed by atoms with E-state index in [0.717, 1.165) is 79.2 Å². The Bertz CT molecular complexity index is 1790. The van der Waals surface area contributed by atoms with Crippen molar-refractivity contribution in [3.05, 3.63) is 96.1 Å². The number of anilines is 2. The number of carbonyl (C=O) groups is 1. The highest BCUT2D eigenvalue weighted by molar-refractivity contribution is 7.90. The second kappa shape index (κ2) is 18.1. The van der Waals surface area contributed by atoms with Crippen LogP contribution in [0.5, 0.6) is 5.75 Å². The molecular weight excluding hydrogens is 677 g/mol. The number of carbonyl (C=O) groups excluding carboxylic acids is 1. The quantitative estimate of drug-likeness (QED) is 0.0679. The Kier molecular flexibility index (Phi) is 13.1. The number of unbranched alkanes of at least 4 members (excludes halogenated alkanes) is 1. The number of hydrogen-bond acceptors (Lipinski definition) is 8. The molecule has 10 nitrogen and oxygen atoms in total. The summed E-state index contributed by atoms with van der Waals surface area (Å²) >= 11 is -1.23. The number of aromatic nitrogens is 2. The number of benzene rings is 3. The van der Waals surface area contributed by atoms with Crippen LogP contribution in [0, 0.1) is 0 Å². The Morgan fingerprint density at radius 3 is 2.52 bits per heavy atom. The highest BCUT2D eigenvalue weighted by Gasteiger charge is 2.43.